The fraction of sp³-hybridized carbons (Fsp3) is 0.185. The monoisotopic (exact) mass is 378 g/mol. The van der Waals surface area contributed by atoms with Gasteiger partial charge < -0.3 is 0 Å². The number of hydrogen-bond donors (Lipinski definition) is 0. The molecule has 0 saturated carbocycles. The maximum atomic E-state index is 4.89. The van der Waals surface area contributed by atoms with Gasteiger partial charge in [0.15, 0.2) is 0 Å². The molecule has 0 spiro atoms. The molecule has 0 amide bonds. The zero-order valence-corrected chi connectivity index (χ0v) is 17.5. The Morgan fingerprint density at radius 3 is 2.24 bits per heavy atom. The standard InChI is InChI=1S/C27H26N2/c1-18-13-14-28-27(20(18)3)24-12-8-9-22(16-24)17-25-19(2)15-26(29-21(25)4)23-10-6-5-7-11-23/h5-16H,17H2,1-4H3. The Labute approximate surface area is 173 Å². The van der Waals surface area contributed by atoms with E-state index in [0.717, 1.165) is 29.1 Å². The highest BCUT2D eigenvalue weighted by atomic mass is 14.7. The summed E-state index contributed by atoms with van der Waals surface area (Å²) in [6, 6.07) is 23.4. The lowest BCUT2D eigenvalue weighted by molar-refractivity contribution is 1.05. The van der Waals surface area contributed by atoms with Crippen LogP contribution in [0.4, 0.5) is 0 Å². The van der Waals surface area contributed by atoms with E-state index < -0.39 is 0 Å². The molecule has 0 aliphatic heterocycles. The highest BCUT2D eigenvalue weighted by molar-refractivity contribution is 5.65. The van der Waals surface area contributed by atoms with Gasteiger partial charge in [-0.2, -0.15) is 0 Å². The van der Waals surface area contributed by atoms with E-state index in [-0.39, 0.29) is 0 Å². The molecule has 0 saturated heterocycles. The Kier molecular flexibility index (Phi) is 5.26. The van der Waals surface area contributed by atoms with Crippen molar-refractivity contribution in [2.75, 3.05) is 0 Å². The molecule has 2 heteroatoms. The molecule has 2 aromatic carbocycles. The smallest absolute Gasteiger partial charge is 0.0733 e. The first-order valence-corrected chi connectivity index (χ1v) is 10.1. The number of aryl methyl sites for hydroxylation is 3. The Hall–Kier alpha value is -3.26. The van der Waals surface area contributed by atoms with E-state index in [9.17, 15) is 0 Å². The predicted octanol–water partition coefficient (Wildman–Crippen LogP) is 6.64. The summed E-state index contributed by atoms with van der Waals surface area (Å²) >= 11 is 0. The van der Waals surface area contributed by atoms with Crippen molar-refractivity contribution in [2.45, 2.75) is 34.1 Å². The van der Waals surface area contributed by atoms with Crippen molar-refractivity contribution in [1.29, 1.82) is 0 Å². The number of hydrogen-bond acceptors (Lipinski definition) is 2. The number of pyridine rings is 2. The first-order valence-electron chi connectivity index (χ1n) is 10.1. The summed E-state index contributed by atoms with van der Waals surface area (Å²) in [5.74, 6) is 0. The third kappa shape index (κ3) is 3.97. The lowest BCUT2D eigenvalue weighted by Gasteiger charge is -2.14. The van der Waals surface area contributed by atoms with Gasteiger partial charge in [-0.05, 0) is 80.1 Å². The van der Waals surface area contributed by atoms with Crippen molar-refractivity contribution >= 4 is 0 Å². The SMILES string of the molecule is Cc1ccnc(-c2cccc(Cc3c(C)cc(-c4ccccc4)nc3C)c2)c1C. The molecule has 0 radical (unpaired) electrons. The molecule has 0 bridgehead atoms. The van der Waals surface area contributed by atoms with Crippen LogP contribution in [0, 0.1) is 27.7 Å². The van der Waals surface area contributed by atoms with Gasteiger partial charge in [-0.25, -0.2) is 0 Å². The van der Waals surface area contributed by atoms with Crippen LogP contribution >= 0.6 is 0 Å². The fourth-order valence-corrected chi connectivity index (χ4v) is 3.84. The first-order chi connectivity index (χ1) is 14.0. The summed E-state index contributed by atoms with van der Waals surface area (Å²) in [7, 11) is 0. The van der Waals surface area contributed by atoms with Crippen molar-refractivity contribution in [3.63, 3.8) is 0 Å². The van der Waals surface area contributed by atoms with E-state index in [0.29, 0.717) is 0 Å². The third-order valence-electron chi connectivity index (χ3n) is 5.68. The average molecular weight is 379 g/mol. The van der Waals surface area contributed by atoms with Crippen molar-refractivity contribution in [3.05, 3.63) is 106 Å². The normalized spacial score (nSPS) is 10.9. The minimum Gasteiger partial charge on any atom is -0.256 e. The van der Waals surface area contributed by atoms with E-state index in [4.69, 9.17) is 4.98 Å². The van der Waals surface area contributed by atoms with E-state index in [1.165, 1.54) is 33.4 Å². The maximum absolute atomic E-state index is 4.89. The van der Waals surface area contributed by atoms with Gasteiger partial charge in [-0.15, -0.1) is 0 Å². The highest BCUT2D eigenvalue weighted by Crippen LogP contribution is 2.27. The number of nitrogens with zero attached hydrogens (tertiary/aromatic N) is 2. The molecule has 29 heavy (non-hydrogen) atoms. The van der Waals surface area contributed by atoms with Crippen LogP contribution in [0.3, 0.4) is 0 Å². The second-order valence-electron chi connectivity index (χ2n) is 7.73. The van der Waals surface area contributed by atoms with Crippen LogP contribution in [0.2, 0.25) is 0 Å². The molecule has 0 aliphatic carbocycles. The summed E-state index contributed by atoms with van der Waals surface area (Å²) in [4.78, 5) is 9.52. The maximum Gasteiger partial charge on any atom is 0.0733 e. The summed E-state index contributed by atoms with van der Waals surface area (Å²) < 4.78 is 0. The molecular weight excluding hydrogens is 352 g/mol. The summed E-state index contributed by atoms with van der Waals surface area (Å²) in [6.07, 6.45) is 2.77. The first kappa shape index (κ1) is 19.1. The van der Waals surface area contributed by atoms with Gasteiger partial charge in [0.2, 0.25) is 0 Å². The van der Waals surface area contributed by atoms with E-state index in [1.54, 1.807) is 0 Å². The minimum absolute atomic E-state index is 0.873. The molecule has 2 heterocycles. The van der Waals surface area contributed by atoms with E-state index in [1.807, 2.05) is 12.3 Å². The molecule has 2 nitrogen and oxygen atoms in total. The van der Waals surface area contributed by atoms with Crippen LogP contribution in [0.1, 0.15) is 33.5 Å². The lowest BCUT2D eigenvalue weighted by atomic mass is 9.95. The van der Waals surface area contributed by atoms with E-state index in [2.05, 4.69) is 93.3 Å². The predicted molar refractivity (Wildman–Crippen MR) is 121 cm³/mol. The summed E-state index contributed by atoms with van der Waals surface area (Å²) in [5.41, 5.74) is 11.9. The lowest BCUT2D eigenvalue weighted by Crippen LogP contribution is -2.01. The van der Waals surface area contributed by atoms with Gasteiger partial charge in [0.05, 0.1) is 11.4 Å². The molecule has 2 aromatic heterocycles. The number of aromatic nitrogens is 2. The second-order valence-corrected chi connectivity index (χ2v) is 7.73. The van der Waals surface area contributed by atoms with Gasteiger partial charge >= 0.3 is 0 Å². The van der Waals surface area contributed by atoms with Crippen LogP contribution in [-0.2, 0) is 6.42 Å². The fourth-order valence-electron chi connectivity index (χ4n) is 3.84. The van der Waals surface area contributed by atoms with Gasteiger partial charge in [0.25, 0.3) is 0 Å². The van der Waals surface area contributed by atoms with Crippen molar-refractivity contribution < 1.29 is 0 Å². The molecule has 0 aliphatic rings. The average Bonchev–Trinajstić information content (AvgIpc) is 2.73. The summed E-state index contributed by atoms with van der Waals surface area (Å²) in [6.45, 7) is 8.58. The molecule has 4 aromatic rings. The molecule has 0 fully saturated rings. The second kappa shape index (κ2) is 8.00. The van der Waals surface area contributed by atoms with Crippen LogP contribution in [0.5, 0.6) is 0 Å². The topological polar surface area (TPSA) is 25.8 Å². The van der Waals surface area contributed by atoms with Crippen LogP contribution in [-0.4, -0.2) is 9.97 Å². The highest BCUT2D eigenvalue weighted by Gasteiger charge is 2.11. The van der Waals surface area contributed by atoms with Gasteiger partial charge in [0.1, 0.15) is 0 Å². The molecule has 0 atom stereocenters. The Morgan fingerprint density at radius 1 is 0.724 bits per heavy atom. The minimum atomic E-state index is 0.873. The molecule has 0 unspecified atom stereocenters. The number of rotatable bonds is 4. The van der Waals surface area contributed by atoms with Crippen LogP contribution < -0.4 is 0 Å². The number of benzene rings is 2. The zero-order chi connectivity index (χ0) is 20.4. The Balaban J connectivity index is 1.67. The van der Waals surface area contributed by atoms with E-state index >= 15 is 0 Å². The largest absolute Gasteiger partial charge is 0.256 e. The van der Waals surface area contributed by atoms with Crippen molar-refractivity contribution in [1.82, 2.24) is 9.97 Å². The van der Waals surface area contributed by atoms with Crippen LogP contribution in [0.25, 0.3) is 22.5 Å². The van der Waals surface area contributed by atoms with Gasteiger partial charge in [0, 0.05) is 23.0 Å². The van der Waals surface area contributed by atoms with Crippen molar-refractivity contribution in [2.24, 2.45) is 0 Å². The molecule has 0 N–H and O–H groups in total. The molecular formula is C27H26N2. The summed E-state index contributed by atoms with van der Waals surface area (Å²) in [5, 5.41) is 0. The van der Waals surface area contributed by atoms with Gasteiger partial charge in [-0.1, -0.05) is 48.5 Å². The zero-order valence-electron chi connectivity index (χ0n) is 17.5. The quantitative estimate of drug-likeness (QED) is 0.398. The van der Waals surface area contributed by atoms with Crippen LogP contribution in [0.15, 0.2) is 72.9 Å². The Morgan fingerprint density at radius 2 is 1.48 bits per heavy atom. The van der Waals surface area contributed by atoms with Gasteiger partial charge in [-0.3, -0.25) is 9.97 Å². The molecule has 4 rings (SSSR count). The van der Waals surface area contributed by atoms with Crippen molar-refractivity contribution in [3.8, 4) is 22.5 Å². The Bertz CT molecular complexity index is 1140. The third-order valence-corrected chi connectivity index (χ3v) is 5.68. The molecule has 144 valence electrons.